The summed E-state index contributed by atoms with van der Waals surface area (Å²) in [4.78, 5) is 27.0. The fraction of sp³-hybridized carbons (Fsp3) is 0.556. The topological polar surface area (TPSA) is 70.8 Å². The van der Waals surface area contributed by atoms with E-state index in [1.54, 1.807) is 11.7 Å². The summed E-state index contributed by atoms with van der Waals surface area (Å²) < 4.78 is 1.68. The van der Waals surface area contributed by atoms with Crippen LogP contribution < -0.4 is 0 Å². The number of fused-ring (bicyclic) bond motifs is 3. The van der Waals surface area contributed by atoms with E-state index < -0.39 is 0 Å². The molecule has 1 unspecified atom stereocenters. The number of hydrogen-bond donors (Lipinski definition) is 0. The molecule has 1 aromatic heterocycles. The van der Waals surface area contributed by atoms with Gasteiger partial charge in [0.15, 0.2) is 5.69 Å². The maximum absolute atomic E-state index is 13.0. The Morgan fingerprint density at radius 3 is 2.56 bits per heavy atom. The Bertz CT molecular complexity index is 803. The number of aryl methyl sites for hydroxylation is 1. The molecule has 3 atom stereocenters. The first kappa shape index (κ1) is 16.2. The Hall–Kier alpha value is -2.28. The molecule has 2 bridgehead atoms. The van der Waals surface area contributed by atoms with E-state index >= 15 is 0 Å². The van der Waals surface area contributed by atoms with Crippen molar-refractivity contribution in [3.05, 3.63) is 34.9 Å². The van der Waals surface area contributed by atoms with E-state index in [0.29, 0.717) is 17.8 Å². The molecule has 7 nitrogen and oxygen atoms in total. The Kier molecular flexibility index (Phi) is 4.03. The summed E-state index contributed by atoms with van der Waals surface area (Å²) in [5, 5.41) is 9.39. The number of amides is 1. The second kappa shape index (κ2) is 6.22. The van der Waals surface area contributed by atoms with Gasteiger partial charge in [-0.3, -0.25) is 9.48 Å². The first-order chi connectivity index (χ1) is 12.1. The molecular formula is C18H23N5O2. The molecular weight excluding hydrogens is 318 g/mol. The van der Waals surface area contributed by atoms with Crippen LogP contribution in [0.2, 0.25) is 0 Å². The molecule has 2 fully saturated rings. The molecule has 0 aliphatic carbocycles. The van der Waals surface area contributed by atoms with E-state index in [2.05, 4.69) is 22.3 Å². The standard InChI is InChI=1S/C18H23N5O2/c1-21-12-6-5-7-13(21)11-14(10-12)23(20-25)18(24)17-15-8-3-4-9-16(15)22(2)19-17/h3-4,8-9,12-14H,5-7,10-11H2,1-2H3/t12-,13+,14?. The minimum absolute atomic E-state index is 0.141. The number of rotatable bonds is 3. The maximum Gasteiger partial charge on any atom is 0.297 e. The third-order valence-electron chi connectivity index (χ3n) is 5.92. The Morgan fingerprint density at radius 2 is 1.88 bits per heavy atom. The number of carbonyl (C=O) groups excluding carboxylic acids is 1. The van der Waals surface area contributed by atoms with E-state index in [0.717, 1.165) is 41.6 Å². The Balaban J connectivity index is 1.64. The fourth-order valence-electron chi connectivity index (χ4n) is 4.54. The minimum atomic E-state index is -0.389. The van der Waals surface area contributed by atoms with E-state index in [4.69, 9.17) is 0 Å². The van der Waals surface area contributed by atoms with Crippen molar-refractivity contribution in [2.75, 3.05) is 7.05 Å². The van der Waals surface area contributed by atoms with Crippen LogP contribution in [0.1, 0.15) is 42.6 Å². The van der Waals surface area contributed by atoms with Crippen LogP contribution in [0.15, 0.2) is 29.6 Å². The third-order valence-corrected chi connectivity index (χ3v) is 5.92. The molecule has 2 saturated heterocycles. The number of benzene rings is 1. The molecule has 0 radical (unpaired) electrons. The van der Waals surface area contributed by atoms with E-state index in [1.165, 1.54) is 6.42 Å². The van der Waals surface area contributed by atoms with E-state index in [9.17, 15) is 9.70 Å². The molecule has 0 spiro atoms. The van der Waals surface area contributed by atoms with Crippen LogP contribution in [0.4, 0.5) is 0 Å². The summed E-state index contributed by atoms with van der Waals surface area (Å²) in [5.41, 5.74) is 1.18. The number of carbonyl (C=O) groups is 1. The van der Waals surface area contributed by atoms with Gasteiger partial charge in [0.1, 0.15) is 0 Å². The lowest BCUT2D eigenvalue weighted by atomic mass is 9.82. The molecule has 0 N–H and O–H groups in total. The van der Waals surface area contributed by atoms with Gasteiger partial charge in [0.05, 0.1) is 16.8 Å². The van der Waals surface area contributed by atoms with Gasteiger partial charge in [0, 0.05) is 24.5 Å². The van der Waals surface area contributed by atoms with Gasteiger partial charge >= 0.3 is 0 Å². The maximum atomic E-state index is 13.0. The highest BCUT2D eigenvalue weighted by molar-refractivity contribution is 6.04. The molecule has 25 heavy (non-hydrogen) atoms. The van der Waals surface area contributed by atoms with Crippen molar-refractivity contribution >= 4 is 16.8 Å². The monoisotopic (exact) mass is 341 g/mol. The predicted molar refractivity (Wildman–Crippen MR) is 94.9 cm³/mol. The summed E-state index contributed by atoms with van der Waals surface area (Å²) in [6.07, 6.45) is 5.07. The molecule has 1 amide bonds. The highest BCUT2D eigenvalue weighted by Crippen LogP contribution is 2.35. The van der Waals surface area contributed by atoms with Gasteiger partial charge in [-0.05, 0) is 38.8 Å². The first-order valence-corrected chi connectivity index (χ1v) is 8.90. The number of nitrogens with zero attached hydrogens (tertiary/aromatic N) is 5. The smallest absolute Gasteiger partial charge is 0.297 e. The normalized spacial score (nSPS) is 26.6. The largest absolute Gasteiger partial charge is 0.300 e. The minimum Gasteiger partial charge on any atom is -0.300 e. The van der Waals surface area contributed by atoms with Crippen molar-refractivity contribution in [3.63, 3.8) is 0 Å². The van der Waals surface area contributed by atoms with Gasteiger partial charge in [-0.2, -0.15) is 10.1 Å². The van der Waals surface area contributed by atoms with Crippen LogP contribution in [0.25, 0.3) is 10.9 Å². The Morgan fingerprint density at radius 1 is 1.20 bits per heavy atom. The van der Waals surface area contributed by atoms with Crippen LogP contribution in [-0.4, -0.2) is 50.8 Å². The summed E-state index contributed by atoms with van der Waals surface area (Å²) >= 11 is 0. The van der Waals surface area contributed by atoms with Crippen LogP contribution in [-0.2, 0) is 7.05 Å². The highest BCUT2D eigenvalue weighted by Gasteiger charge is 2.41. The second-order valence-corrected chi connectivity index (χ2v) is 7.25. The average Bonchev–Trinajstić information content (AvgIpc) is 2.93. The zero-order chi connectivity index (χ0) is 17.6. The molecule has 132 valence electrons. The predicted octanol–water partition coefficient (Wildman–Crippen LogP) is 2.71. The van der Waals surface area contributed by atoms with E-state index in [-0.39, 0.29) is 11.9 Å². The number of nitroso groups, excluding NO2 is 1. The summed E-state index contributed by atoms with van der Waals surface area (Å²) in [6, 6.07) is 8.27. The quantitative estimate of drug-likeness (QED) is 0.636. The molecule has 4 rings (SSSR count). The third kappa shape index (κ3) is 2.63. The van der Waals surface area contributed by atoms with Crippen molar-refractivity contribution in [2.24, 2.45) is 12.3 Å². The van der Waals surface area contributed by atoms with E-state index in [1.807, 2.05) is 24.3 Å². The first-order valence-electron chi connectivity index (χ1n) is 8.90. The summed E-state index contributed by atoms with van der Waals surface area (Å²) in [5.74, 6) is -0.389. The molecule has 0 saturated carbocycles. The fourth-order valence-corrected chi connectivity index (χ4v) is 4.54. The molecule has 3 heterocycles. The zero-order valence-corrected chi connectivity index (χ0v) is 14.6. The van der Waals surface area contributed by atoms with Crippen molar-refractivity contribution in [1.82, 2.24) is 19.7 Å². The van der Waals surface area contributed by atoms with Gasteiger partial charge in [0.2, 0.25) is 0 Å². The zero-order valence-electron chi connectivity index (χ0n) is 14.6. The van der Waals surface area contributed by atoms with Crippen LogP contribution in [0, 0.1) is 4.91 Å². The van der Waals surface area contributed by atoms with Gasteiger partial charge in [0.25, 0.3) is 5.91 Å². The van der Waals surface area contributed by atoms with Crippen molar-refractivity contribution < 1.29 is 4.79 Å². The van der Waals surface area contributed by atoms with Crippen LogP contribution >= 0.6 is 0 Å². The van der Waals surface area contributed by atoms with Gasteiger partial charge < -0.3 is 4.90 Å². The second-order valence-electron chi connectivity index (χ2n) is 7.25. The van der Waals surface area contributed by atoms with Crippen molar-refractivity contribution in [1.29, 1.82) is 0 Å². The molecule has 7 heteroatoms. The molecule has 2 aliphatic rings. The molecule has 2 aromatic rings. The Labute approximate surface area is 146 Å². The number of piperidine rings is 2. The SMILES string of the molecule is CN1[C@@H]2CCC[C@H]1CC(N(N=O)C(=O)c1nn(C)c3ccccc13)C2. The average molecular weight is 341 g/mol. The summed E-state index contributed by atoms with van der Waals surface area (Å²) in [6.45, 7) is 0. The van der Waals surface area contributed by atoms with Crippen LogP contribution in [0.3, 0.4) is 0 Å². The van der Waals surface area contributed by atoms with Gasteiger partial charge in [-0.15, -0.1) is 4.91 Å². The lowest BCUT2D eigenvalue weighted by molar-refractivity contribution is 0.00992. The highest BCUT2D eigenvalue weighted by atomic mass is 16.3. The number of para-hydroxylation sites is 1. The van der Waals surface area contributed by atoms with Crippen molar-refractivity contribution in [2.45, 2.75) is 50.2 Å². The van der Waals surface area contributed by atoms with Crippen molar-refractivity contribution in [3.8, 4) is 0 Å². The lowest BCUT2D eigenvalue weighted by Crippen LogP contribution is -2.55. The van der Waals surface area contributed by atoms with Crippen LogP contribution in [0.5, 0.6) is 0 Å². The number of hydrogen-bond acceptors (Lipinski definition) is 5. The lowest BCUT2D eigenvalue weighted by Gasteiger charge is -2.47. The summed E-state index contributed by atoms with van der Waals surface area (Å²) in [7, 11) is 3.95. The number of aromatic nitrogens is 2. The molecule has 1 aromatic carbocycles. The van der Waals surface area contributed by atoms with Gasteiger partial charge in [-0.25, -0.2) is 0 Å². The molecule has 2 aliphatic heterocycles. The van der Waals surface area contributed by atoms with Gasteiger partial charge in [-0.1, -0.05) is 24.6 Å².